The predicted molar refractivity (Wildman–Crippen MR) is 80.1 cm³/mol. The van der Waals surface area contributed by atoms with Crippen LogP contribution in [0.4, 0.5) is 5.69 Å². The summed E-state index contributed by atoms with van der Waals surface area (Å²) in [6.45, 7) is 3.83. The Kier molecular flexibility index (Phi) is 4.08. The Morgan fingerprint density at radius 1 is 1.29 bits per heavy atom. The second-order valence-electron chi connectivity index (χ2n) is 5.16. The maximum Gasteiger partial charge on any atom is 0.294 e. The van der Waals surface area contributed by atoms with Gasteiger partial charge < -0.3 is 5.73 Å². The minimum Gasteiger partial charge on any atom is -0.322 e. The molecule has 0 aromatic heterocycles. The Morgan fingerprint density at radius 3 is 2.43 bits per heavy atom. The van der Waals surface area contributed by atoms with E-state index in [0.717, 1.165) is 5.57 Å². The molecule has 1 aromatic rings. The minimum absolute atomic E-state index is 0.180. The van der Waals surface area contributed by atoms with E-state index in [9.17, 15) is 8.42 Å². The van der Waals surface area contributed by atoms with Crippen molar-refractivity contribution in [3.63, 3.8) is 0 Å². The van der Waals surface area contributed by atoms with Gasteiger partial charge in [0.15, 0.2) is 0 Å². The highest BCUT2D eigenvalue weighted by atomic mass is 32.2. The summed E-state index contributed by atoms with van der Waals surface area (Å²) < 4.78 is 30.8. The van der Waals surface area contributed by atoms with Crippen LogP contribution in [0.15, 0.2) is 63.2 Å². The van der Waals surface area contributed by atoms with E-state index in [-0.39, 0.29) is 10.9 Å². The molecule has 21 heavy (non-hydrogen) atoms. The molecule has 0 spiro atoms. The Hall–Kier alpha value is -1.83. The van der Waals surface area contributed by atoms with Crippen LogP contribution in [0, 0.1) is 0 Å². The molecule has 112 valence electrons. The van der Waals surface area contributed by atoms with Gasteiger partial charge in [-0.3, -0.25) is 4.55 Å². The van der Waals surface area contributed by atoms with Gasteiger partial charge in [-0.05, 0) is 38.1 Å². The zero-order chi connectivity index (χ0) is 15.7. The molecule has 0 amide bonds. The third kappa shape index (κ3) is 3.63. The van der Waals surface area contributed by atoms with Crippen molar-refractivity contribution in [2.45, 2.75) is 30.3 Å². The van der Waals surface area contributed by atoms with Crippen molar-refractivity contribution in [2.24, 2.45) is 16.0 Å². The van der Waals surface area contributed by atoms with Gasteiger partial charge in [0.1, 0.15) is 5.54 Å². The molecule has 0 saturated carbocycles. The zero-order valence-corrected chi connectivity index (χ0v) is 12.6. The smallest absolute Gasteiger partial charge is 0.294 e. The van der Waals surface area contributed by atoms with Crippen molar-refractivity contribution in [1.82, 2.24) is 0 Å². The topological polar surface area (TPSA) is 105 Å². The molecule has 1 aromatic carbocycles. The largest absolute Gasteiger partial charge is 0.322 e. The third-order valence-electron chi connectivity index (χ3n) is 3.32. The van der Waals surface area contributed by atoms with Crippen molar-refractivity contribution in [3.05, 3.63) is 48.1 Å². The molecule has 0 saturated heterocycles. The first-order chi connectivity index (χ1) is 9.71. The molecule has 0 radical (unpaired) electrons. The van der Waals surface area contributed by atoms with Gasteiger partial charge in [-0.25, -0.2) is 0 Å². The van der Waals surface area contributed by atoms with Gasteiger partial charge in [-0.2, -0.15) is 18.6 Å². The van der Waals surface area contributed by atoms with Crippen molar-refractivity contribution in [1.29, 1.82) is 0 Å². The standard InChI is InChI=1S/C14H17N3O3S/c1-10-7-8-14(2,13(15)9-10)17-16-11-3-5-12(6-4-11)21(18,19)20/h3-9,13H,15H2,1-2H3,(H,18,19,20). The molecule has 0 aliphatic heterocycles. The monoisotopic (exact) mass is 307 g/mol. The summed E-state index contributed by atoms with van der Waals surface area (Å²) in [4.78, 5) is -0.180. The number of hydrogen-bond acceptors (Lipinski definition) is 5. The highest BCUT2D eigenvalue weighted by Gasteiger charge is 2.29. The lowest BCUT2D eigenvalue weighted by Crippen LogP contribution is -2.42. The van der Waals surface area contributed by atoms with Crippen LogP contribution in [0.2, 0.25) is 0 Å². The van der Waals surface area contributed by atoms with E-state index in [0.29, 0.717) is 5.69 Å². The van der Waals surface area contributed by atoms with Crippen LogP contribution in [-0.4, -0.2) is 24.6 Å². The number of allylic oxidation sites excluding steroid dienone is 2. The number of nitrogens with two attached hydrogens (primary N) is 1. The number of azo groups is 1. The molecule has 1 aliphatic carbocycles. The van der Waals surface area contributed by atoms with Crippen LogP contribution in [0.5, 0.6) is 0 Å². The van der Waals surface area contributed by atoms with E-state index in [4.69, 9.17) is 10.3 Å². The molecular formula is C14H17N3O3S. The van der Waals surface area contributed by atoms with Gasteiger partial charge in [-0.1, -0.05) is 23.8 Å². The molecule has 1 aliphatic rings. The van der Waals surface area contributed by atoms with Crippen LogP contribution in [0.3, 0.4) is 0 Å². The quantitative estimate of drug-likeness (QED) is 0.661. The van der Waals surface area contributed by atoms with Crippen molar-refractivity contribution in [2.75, 3.05) is 0 Å². The summed E-state index contributed by atoms with van der Waals surface area (Å²) in [5.41, 5.74) is 6.98. The lowest BCUT2D eigenvalue weighted by molar-refractivity contribution is 0.483. The highest BCUT2D eigenvalue weighted by Crippen LogP contribution is 2.26. The van der Waals surface area contributed by atoms with Crippen LogP contribution in [-0.2, 0) is 10.1 Å². The molecule has 2 rings (SSSR count). The Morgan fingerprint density at radius 2 is 1.90 bits per heavy atom. The number of benzene rings is 1. The maximum atomic E-state index is 10.9. The molecule has 0 fully saturated rings. The van der Waals surface area contributed by atoms with Gasteiger partial charge in [0, 0.05) is 0 Å². The lowest BCUT2D eigenvalue weighted by atomic mass is 9.87. The van der Waals surface area contributed by atoms with Crippen LogP contribution in [0.25, 0.3) is 0 Å². The normalized spacial score (nSPS) is 26.1. The maximum absolute atomic E-state index is 10.9. The van der Waals surface area contributed by atoms with Gasteiger partial charge >= 0.3 is 0 Å². The molecule has 2 atom stereocenters. The van der Waals surface area contributed by atoms with E-state index in [2.05, 4.69) is 10.2 Å². The van der Waals surface area contributed by atoms with E-state index in [1.807, 2.05) is 32.1 Å². The van der Waals surface area contributed by atoms with E-state index in [1.54, 1.807) is 0 Å². The Labute approximate surface area is 123 Å². The van der Waals surface area contributed by atoms with E-state index in [1.165, 1.54) is 24.3 Å². The van der Waals surface area contributed by atoms with Crippen LogP contribution < -0.4 is 5.73 Å². The average Bonchev–Trinajstić information content (AvgIpc) is 2.41. The van der Waals surface area contributed by atoms with Gasteiger partial charge in [0.2, 0.25) is 0 Å². The average molecular weight is 307 g/mol. The summed E-state index contributed by atoms with van der Waals surface area (Å²) in [7, 11) is -4.19. The molecule has 2 unspecified atom stereocenters. The van der Waals surface area contributed by atoms with Crippen molar-refractivity contribution >= 4 is 15.8 Å². The first-order valence-electron chi connectivity index (χ1n) is 6.34. The molecule has 0 heterocycles. The Balaban J connectivity index is 2.20. The molecule has 7 heteroatoms. The summed E-state index contributed by atoms with van der Waals surface area (Å²) >= 11 is 0. The second kappa shape index (κ2) is 5.51. The van der Waals surface area contributed by atoms with Gasteiger partial charge in [-0.15, -0.1) is 0 Å². The fourth-order valence-corrected chi connectivity index (χ4v) is 2.35. The summed E-state index contributed by atoms with van der Waals surface area (Å²) in [5, 5.41) is 8.34. The summed E-state index contributed by atoms with van der Waals surface area (Å²) in [5.74, 6) is 0. The van der Waals surface area contributed by atoms with Gasteiger partial charge in [0.25, 0.3) is 10.1 Å². The summed E-state index contributed by atoms with van der Waals surface area (Å²) in [6.07, 6.45) is 5.74. The number of hydrogen-bond donors (Lipinski definition) is 2. The van der Waals surface area contributed by atoms with Gasteiger partial charge in [0.05, 0.1) is 16.6 Å². The minimum atomic E-state index is -4.19. The van der Waals surface area contributed by atoms with Crippen molar-refractivity contribution < 1.29 is 13.0 Å². The first kappa shape index (κ1) is 15.6. The van der Waals surface area contributed by atoms with E-state index >= 15 is 0 Å². The Bertz CT molecular complexity index is 720. The highest BCUT2D eigenvalue weighted by molar-refractivity contribution is 7.85. The molecule has 0 bridgehead atoms. The van der Waals surface area contributed by atoms with E-state index < -0.39 is 15.7 Å². The number of rotatable bonds is 3. The number of nitrogens with zero attached hydrogens (tertiary/aromatic N) is 2. The second-order valence-corrected chi connectivity index (χ2v) is 6.59. The third-order valence-corrected chi connectivity index (χ3v) is 4.18. The predicted octanol–water partition coefficient (Wildman–Crippen LogP) is 2.62. The van der Waals surface area contributed by atoms with Crippen LogP contribution >= 0.6 is 0 Å². The fraction of sp³-hybridized carbons (Fsp3) is 0.286. The fourth-order valence-electron chi connectivity index (χ4n) is 1.87. The first-order valence-corrected chi connectivity index (χ1v) is 7.78. The van der Waals surface area contributed by atoms with Crippen LogP contribution in [0.1, 0.15) is 13.8 Å². The lowest BCUT2D eigenvalue weighted by Gasteiger charge is -2.28. The SMILES string of the molecule is CC1=CC(N)C(C)(N=Nc2ccc(S(=O)(=O)O)cc2)C=C1. The zero-order valence-electron chi connectivity index (χ0n) is 11.8. The van der Waals surface area contributed by atoms with Crippen molar-refractivity contribution in [3.8, 4) is 0 Å². The molecule has 3 N–H and O–H groups in total. The molecule has 6 nitrogen and oxygen atoms in total. The summed E-state index contributed by atoms with van der Waals surface area (Å²) in [6, 6.07) is 5.20. The molecular weight excluding hydrogens is 290 g/mol.